The average Bonchev–Trinajstić information content (AvgIpc) is 3.57. The van der Waals surface area contributed by atoms with Gasteiger partial charge in [0.2, 0.25) is 0 Å². The molecule has 2 unspecified atom stereocenters. The number of hydrogen-bond donors (Lipinski definition) is 3. The summed E-state index contributed by atoms with van der Waals surface area (Å²) in [6, 6.07) is 0. The molecule has 0 aromatic carbocycles. The van der Waals surface area contributed by atoms with Gasteiger partial charge < -0.3 is 33.8 Å². The van der Waals surface area contributed by atoms with Crippen molar-refractivity contribution in [2.45, 2.75) is 394 Å². The first kappa shape index (κ1) is 90.1. The van der Waals surface area contributed by atoms with E-state index in [9.17, 15) is 43.2 Å². The van der Waals surface area contributed by atoms with Crippen LogP contribution < -0.4 is 0 Å². The fourth-order valence-corrected chi connectivity index (χ4v) is 12.7. The van der Waals surface area contributed by atoms with Gasteiger partial charge in [-0.15, -0.1) is 0 Å². The van der Waals surface area contributed by atoms with Crippen molar-refractivity contribution in [3.05, 3.63) is 0 Å². The molecule has 0 rings (SSSR count). The van der Waals surface area contributed by atoms with Gasteiger partial charge in [-0.1, -0.05) is 324 Å². The average molecular weight is 1350 g/mol. The number of carbonyl (C=O) groups is 4. The zero-order chi connectivity index (χ0) is 67.9. The van der Waals surface area contributed by atoms with Crippen molar-refractivity contribution < 1.29 is 80.2 Å². The van der Waals surface area contributed by atoms with E-state index >= 15 is 0 Å². The van der Waals surface area contributed by atoms with Gasteiger partial charge in [-0.3, -0.25) is 37.3 Å². The number of phosphoric acid groups is 2. The molecule has 0 aromatic rings. The highest BCUT2D eigenvalue weighted by Crippen LogP contribution is 2.45. The predicted molar refractivity (Wildman–Crippen MR) is 372 cm³/mol. The summed E-state index contributed by atoms with van der Waals surface area (Å²) in [5.41, 5.74) is 0. The van der Waals surface area contributed by atoms with Crippen LogP contribution in [0, 0.1) is 11.8 Å². The normalized spacial score (nSPS) is 14.1. The Morgan fingerprint density at radius 1 is 0.293 bits per heavy atom. The number of aliphatic hydroxyl groups excluding tert-OH is 1. The first-order valence-electron chi connectivity index (χ1n) is 38.0. The van der Waals surface area contributed by atoms with Gasteiger partial charge in [0, 0.05) is 25.7 Å². The van der Waals surface area contributed by atoms with Gasteiger partial charge >= 0.3 is 39.5 Å². The first-order chi connectivity index (χ1) is 44.4. The van der Waals surface area contributed by atoms with E-state index in [-0.39, 0.29) is 25.7 Å². The topological polar surface area (TPSA) is 237 Å². The fraction of sp³-hybridized carbons (Fsp3) is 0.945. The van der Waals surface area contributed by atoms with Crippen LogP contribution in [0.4, 0.5) is 0 Å². The lowest BCUT2D eigenvalue weighted by Crippen LogP contribution is -2.30. The van der Waals surface area contributed by atoms with Crippen LogP contribution in [0.1, 0.15) is 375 Å². The summed E-state index contributed by atoms with van der Waals surface area (Å²) >= 11 is 0. The Bertz CT molecular complexity index is 1790. The third-order valence-corrected chi connectivity index (χ3v) is 18.9. The van der Waals surface area contributed by atoms with Crippen molar-refractivity contribution in [1.29, 1.82) is 0 Å². The Labute approximate surface area is 562 Å². The maximum Gasteiger partial charge on any atom is 0.472 e. The number of carbonyl (C=O) groups excluding carboxylic acids is 4. The van der Waals surface area contributed by atoms with Gasteiger partial charge in [-0.2, -0.15) is 0 Å². The van der Waals surface area contributed by atoms with Crippen molar-refractivity contribution in [1.82, 2.24) is 0 Å². The van der Waals surface area contributed by atoms with Gasteiger partial charge in [-0.05, 0) is 37.5 Å². The number of ether oxygens (including phenoxy) is 4. The molecule has 0 bridgehead atoms. The van der Waals surface area contributed by atoms with E-state index < -0.39 is 97.5 Å². The lowest BCUT2D eigenvalue weighted by Gasteiger charge is -2.21. The SMILES string of the molecule is CCCCCCCCCCC(=O)OC[C@H](COP(=O)(O)OC[C@H](O)COP(=O)(O)OC[C@@H](COC(=O)CCCCCCCCCCCCCCCCCC(C)C)OC(=O)CCCCCCCCCCCCCCCCCC(C)C)OC(=O)CCCCCCCCCC. The van der Waals surface area contributed by atoms with Crippen LogP contribution in [0.3, 0.4) is 0 Å². The molecule has 0 aliphatic carbocycles. The van der Waals surface area contributed by atoms with Crippen molar-refractivity contribution in [3.8, 4) is 0 Å². The van der Waals surface area contributed by atoms with Gasteiger partial charge in [0.1, 0.15) is 19.3 Å². The molecule has 0 amide bonds. The largest absolute Gasteiger partial charge is 0.472 e. The lowest BCUT2D eigenvalue weighted by molar-refractivity contribution is -0.161. The summed E-state index contributed by atoms with van der Waals surface area (Å²) in [4.78, 5) is 72.5. The summed E-state index contributed by atoms with van der Waals surface area (Å²) in [5, 5.41) is 10.6. The van der Waals surface area contributed by atoms with Crippen LogP contribution in [0.25, 0.3) is 0 Å². The van der Waals surface area contributed by atoms with E-state index in [1.165, 1.54) is 180 Å². The second kappa shape index (κ2) is 65.0. The monoisotopic (exact) mass is 1350 g/mol. The van der Waals surface area contributed by atoms with Crippen molar-refractivity contribution in [3.63, 3.8) is 0 Å². The van der Waals surface area contributed by atoms with E-state index in [0.717, 1.165) is 115 Å². The van der Waals surface area contributed by atoms with Crippen LogP contribution in [0.15, 0.2) is 0 Å². The molecule has 5 atom stereocenters. The van der Waals surface area contributed by atoms with E-state index in [1.807, 2.05) is 0 Å². The molecule has 0 heterocycles. The Balaban J connectivity index is 5.16. The minimum atomic E-state index is -4.95. The van der Waals surface area contributed by atoms with Crippen LogP contribution >= 0.6 is 15.6 Å². The number of rotatable bonds is 72. The van der Waals surface area contributed by atoms with E-state index in [4.69, 9.17) is 37.0 Å². The summed E-state index contributed by atoms with van der Waals surface area (Å²) in [7, 11) is -9.90. The summed E-state index contributed by atoms with van der Waals surface area (Å²) in [6.07, 6.45) is 51.5. The van der Waals surface area contributed by atoms with E-state index in [0.29, 0.717) is 25.7 Å². The predicted octanol–water partition coefficient (Wildman–Crippen LogP) is 21.2. The highest BCUT2D eigenvalue weighted by molar-refractivity contribution is 7.47. The number of hydrogen-bond acceptors (Lipinski definition) is 15. The van der Waals surface area contributed by atoms with E-state index in [1.54, 1.807) is 0 Å². The molecule has 0 aliphatic heterocycles. The molecular weight excluding hydrogens is 1210 g/mol. The summed E-state index contributed by atoms with van der Waals surface area (Å²) in [6.45, 7) is 9.57. The standard InChI is InChI=1S/C73H142O17P2/c1-7-9-11-13-15-37-43-49-55-70(75)83-61-68(89-72(77)57-51-45-38-16-14-12-10-8-2)63-87-91(79,80)85-59-67(74)60-86-92(81,82)88-64-69(90-73(78)58-52-46-40-34-30-26-22-18-20-24-28-32-36-42-48-54-66(5)6)62-84-71(76)56-50-44-39-33-29-25-21-17-19-23-27-31-35-41-47-53-65(3)4/h65-69,74H,7-64H2,1-6H3,(H,79,80)(H,81,82)/t67-,68+,69+/m0/s1. The second-order valence-electron chi connectivity index (χ2n) is 27.3. The smallest absolute Gasteiger partial charge is 0.462 e. The fourth-order valence-electron chi connectivity index (χ4n) is 11.1. The lowest BCUT2D eigenvalue weighted by atomic mass is 10.0. The Hall–Kier alpha value is -1.94. The number of aliphatic hydroxyl groups is 1. The van der Waals surface area contributed by atoms with Crippen LogP contribution in [0.5, 0.6) is 0 Å². The third kappa shape index (κ3) is 66.7. The zero-order valence-corrected chi connectivity index (χ0v) is 61.6. The molecular formula is C73H142O17P2. The number of phosphoric ester groups is 2. The Morgan fingerprint density at radius 2 is 0.500 bits per heavy atom. The maximum absolute atomic E-state index is 13.1. The summed E-state index contributed by atoms with van der Waals surface area (Å²) < 4.78 is 68.2. The minimum Gasteiger partial charge on any atom is -0.462 e. The quantitative estimate of drug-likeness (QED) is 0.0222. The van der Waals surface area contributed by atoms with E-state index in [2.05, 4.69) is 41.5 Å². The van der Waals surface area contributed by atoms with Crippen LogP contribution in [0.2, 0.25) is 0 Å². The van der Waals surface area contributed by atoms with Crippen LogP contribution in [-0.2, 0) is 65.4 Å². The molecule has 0 spiro atoms. The molecule has 19 heteroatoms. The molecule has 0 aliphatic rings. The van der Waals surface area contributed by atoms with Gasteiger partial charge in [0.25, 0.3) is 0 Å². The third-order valence-electron chi connectivity index (χ3n) is 17.0. The van der Waals surface area contributed by atoms with Gasteiger partial charge in [-0.25, -0.2) is 9.13 Å². The number of unbranched alkanes of at least 4 members (excludes halogenated alkanes) is 42. The molecule has 0 saturated carbocycles. The highest BCUT2D eigenvalue weighted by Gasteiger charge is 2.30. The molecule has 0 radical (unpaired) electrons. The molecule has 92 heavy (non-hydrogen) atoms. The molecule has 3 N–H and O–H groups in total. The van der Waals surface area contributed by atoms with Gasteiger partial charge in [0.05, 0.1) is 26.4 Å². The van der Waals surface area contributed by atoms with Gasteiger partial charge in [0.15, 0.2) is 12.2 Å². The first-order valence-corrected chi connectivity index (χ1v) is 41.0. The molecule has 0 fully saturated rings. The molecule has 0 aromatic heterocycles. The Kier molecular flexibility index (Phi) is 63.7. The second-order valence-corrected chi connectivity index (χ2v) is 30.2. The number of esters is 4. The van der Waals surface area contributed by atoms with Crippen LogP contribution in [-0.4, -0.2) is 96.7 Å². The highest BCUT2D eigenvalue weighted by atomic mass is 31.2. The summed E-state index contributed by atoms with van der Waals surface area (Å²) in [5.74, 6) is -0.516. The molecule has 17 nitrogen and oxygen atoms in total. The zero-order valence-electron chi connectivity index (χ0n) is 59.9. The maximum atomic E-state index is 13.1. The van der Waals surface area contributed by atoms with Crippen molar-refractivity contribution in [2.75, 3.05) is 39.6 Å². The molecule has 0 saturated heterocycles. The molecule has 546 valence electrons. The Morgan fingerprint density at radius 3 is 0.739 bits per heavy atom. The minimum absolute atomic E-state index is 0.105. The van der Waals surface area contributed by atoms with Crippen molar-refractivity contribution >= 4 is 39.5 Å². The van der Waals surface area contributed by atoms with Crippen molar-refractivity contribution in [2.24, 2.45) is 11.8 Å².